The molecule has 0 spiro atoms. The maximum Gasteiger partial charge on any atom is 0.133 e. The minimum Gasteiger partial charge on any atom is -0.506 e. The number of thiazole rings is 1. The Morgan fingerprint density at radius 3 is 2.73 bits per heavy atom. The van der Waals surface area contributed by atoms with Crippen molar-refractivity contribution in [3.63, 3.8) is 0 Å². The van der Waals surface area contributed by atoms with Gasteiger partial charge >= 0.3 is 0 Å². The molecule has 78 valence electrons. The van der Waals surface area contributed by atoms with Crippen LogP contribution in [0.3, 0.4) is 0 Å². The molecule has 0 aliphatic rings. The van der Waals surface area contributed by atoms with Gasteiger partial charge in [-0.15, -0.1) is 11.3 Å². The zero-order valence-electron chi connectivity index (χ0n) is 8.05. The molecular weight excluding hydrogens is 210 g/mol. The molecule has 2 aromatic rings. The first-order valence-corrected chi connectivity index (χ1v) is 5.50. The lowest BCUT2D eigenvalue weighted by Crippen LogP contribution is -2.13. The van der Waals surface area contributed by atoms with Crippen LogP contribution in [0.4, 0.5) is 0 Å². The van der Waals surface area contributed by atoms with Crippen LogP contribution in [-0.4, -0.2) is 15.1 Å². The number of rotatable bonds is 4. The lowest BCUT2D eigenvalue weighted by atomic mass is 10.3. The van der Waals surface area contributed by atoms with Crippen molar-refractivity contribution < 1.29 is 5.11 Å². The molecule has 0 aliphatic heterocycles. The van der Waals surface area contributed by atoms with E-state index in [1.165, 1.54) is 6.20 Å². The average molecular weight is 221 g/mol. The van der Waals surface area contributed by atoms with Gasteiger partial charge in [0.05, 0.1) is 23.1 Å². The van der Waals surface area contributed by atoms with Crippen LogP contribution in [0.5, 0.6) is 5.75 Å². The Morgan fingerprint density at radius 2 is 2.07 bits per heavy atom. The molecule has 2 aromatic heterocycles. The fourth-order valence-corrected chi connectivity index (χ4v) is 1.72. The quantitative estimate of drug-likeness (QED) is 0.822. The van der Waals surface area contributed by atoms with Crippen LogP contribution >= 0.6 is 11.3 Å². The molecule has 0 unspecified atom stereocenters. The van der Waals surface area contributed by atoms with Crippen LogP contribution in [0.25, 0.3) is 0 Å². The van der Waals surface area contributed by atoms with Crippen molar-refractivity contribution in [3.8, 4) is 5.75 Å². The summed E-state index contributed by atoms with van der Waals surface area (Å²) in [5.74, 6) is 0.193. The minimum absolute atomic E-state index is 0.193. The van der Waals surface area contributed by atoms with Gasteiger partial charge in [0.1, 0.15) is 5.75 Å². The SMILES string of the molecule is Oc1ccc(CNCc2cscn2)nc1. The van der Waals surface area contributed by atoms with Crippen molar-refractivity contribution in [1.29, 1.82) is 0 Å². The molecular formula is C10H11N3OS. The Labute approximate surface area is 91.6 Å². The highest BCUT2D eigenvalue weighted by atomic mass is 32.1. The van der Waals surface area contributed by atoms with Gasteiger partial charge in [0.15, 0.2) is 0 Å². The van der Waals surface area contributed by atoms with Crippen molar-refractivity contribution in [2.45, 2.75) is 13.1 Å². The zero-order chi connectivity index (χ0) is 10.5. The van der Waals surface area contributed by atoms with E-state index in [0.717, 1.165) is 17.9 Å². The molecule has 0 radical (unpaired) electrons. The number of aromatic hydroxyl groups is 1. The summed E-state index contributed by atoms with van der Waals surface area (Å²) >= 11 is 1.59. The summed E-state index contributed by atoms with van der Waals surface area (Å²) in [4.78, 5) is 8.22. The normalized spacial score (nSPS) is 10.4. The van der Waals surface area contributed by atoms with E-state index in [4.69, 9.17) is 5.11 Å². The third kappa shape index (κ3) is 3.00. The lowest BCUT2D eigenvalue weighted by molar-refractivity contribution is 0.471. The van der Waals surface area contributed by atoms with Crippen LogP contribution < -0.4 is 5.32 Å². The summed E-state index contributed by atoms with van der Waals surface area (Å²) in [5, 5.41) is 14.3. The van der Waals surface area contributed by atoms with E-state index in [-0.39, 0.29) is 5.75 Å². The number of hydrogen-bond acceptors (Lipinski definition) is 5. The van der Waals surface area contributed by atoms with Gasteiger partial charge in [0, 0.05) is 18.5 Å². The highest BCUT2D eigenvalue weighted by Crippen LogP contribution is 2.06. The van der Waals surface area contributed by atoms with E-state index in [9.17, 15) is 0 Å². The Morgan fingerprint density at radius 1 is 1.20 bits per heavy atom. The molecule has 0 aromatic carbocycles. The summed E-state index contributed by atoms with van der Waals surface area (Å²) in [7, 11) is 0. The second kappa shape index (κ2) is 4.86. The minimum atomic E-state index is 0.193. The van der Waals surface area contributed by atoms with E-state index in [1.807, 2.05) is 10.9 Å². The van der Waals surface area contributed by atoms with Gasteiger partial charge in [0.2, 0.25) is 0 Å². The number of nitrogens with one attached hydrogen (secondary N) is 1. The molecule has 0 amide bonds. The van der Waals surface area contributed by atoms with Crippen LogP contribution in [0.15, 0.2) is 29.2 Å². The highest BCUT2D eigenvalue weighted by molar-refractivity contribution is 7.07. The second-order valence-corrected chi connectivity index (χ2v) is 3.81. The fraction of sp³-hybridized carbons (Fsp3) is 0.200. The lowest BCUT2D eigenvalue weighted by Gasteiger charge is -2.01. The topological polar surface area (TPSA) is 58.0 Å². The summed E-state index contributed by atoms with van der Waals surface area (Å²) in [6, 6.07) is 3.43. The Kier molecular flexibility index (Phi) is 3.26. The molecule has 0 saturated carbocycles. The highest BCUT2D eigenvalue weighted by Gasteiger charge is 1.96. The Hall–Kier alpha value is -1.46. The number of hydrogen-bond donors (Lipinski definition) is 2. The maximum atomic E-state index is 9.04. The average Bonchev–Trinajstić information content (AvgIpc) is 2.74. The van der Waals surface area contributed by atoms with Crippen LogP contribution in [-0.2, 0) is 13.1 Å². The van der Waals surface area contributed by atoms with Crippen molar-refractivity contribution in [2.24, 2.45) is 0 Å². The molecule has 2 heterocycles. The van der Waals surface area contributed by atoms with Gasteiger partial charge in [0.25, 0.3) is 0 Å². The van der Waals surface area contributed by atoms with Crippen molar-refractivity contribution in [2.75, 3.05) is 0 Å². The smallest absolute Gasteiger partial charge is 0.133 e. The van der Waals surface area contributed by atoms with E-state index in [0.29, 0.717) is 6.54 Å². The first kappa shape index (κ1) is 10.1. The maximum absolute atomic E-state index is 9.04. The van der Waals surface area contributed by atoms with Gasteiger partial charge in [-0.1, -0.05) is 0 Å². The largest absolute Gasteiger partial charge is 0.506 e. The van der Waals surface area contributed by atoms with Gasteiger partial charge in [-0.2, -0.15) is 0 Å². The molecule has 0 saturated heterocycles. The van der Waals surface area contributed by atoms with Gasteiger partial charge in [-0.25, -0.2) is 4.98 Å². The van der Waals surface area contributed by atoms with Crippen molar-refractivity contribution in [1.82, 2.24) is 15.3 Å². The van der Waals surface area contributed by atoms with E-state index < -0.39 is 0 Å². The van der Waals surface area contributed by atoms with E-state index in [2.05, 4.69) is 15.3 Å². The molecule has 15 heavy (non-hydrogen) atoms. The monoisotopic (exact) mass is 221 g/mol. The van der Waals surface area contributed by atoms with E-state index in [1.54, 1.807) is 23.5 Å². The Bertz CT molecular complexity index is 399. The number of nitrogens with zero attached hydrogens (tertiary/aromatic N) is 2. The van der Waals surface area contributed by atoms with E-state index >= 15 is 0 Å². The van der Waals surface area contributed by atoms with Gasteiger partial charge < -0.3 is 10.4 Å². The molecule has 2 rings (SSSR count). The summed E-state index contributed by atoms with van der Waals surface area (Å²) < 4.78 is 0. The Balaban J connectivity index is 1.81. The second-order valence-electron chi connectivity index (χ2n) is 3.09. The van der Waals surface area contributed by atoms with Crippen LogP contribution in [0, 0.1) is 0 Å². The molecule has 0 atom stereocenters. The van der Waals surface area contributed by atoms with Gasteiger partial charge in [-0.3, -0.25) is 4.98 Å². The zero-order valence-corrected chi connectivity index (χ0v) is 8.87. The van der Waals surface area contributed by atoms with Crippen LogP contribution in [0.2, 0.25) is 0 Å². The number of pyridine rings is 1. The van der Waals surface area contributed by atoms with Crippen molar-refractivity contribution >= 4 is 11.3 Å². The first-order valence-electron chi connectivity index (χ1n) is 4.56. The third-order valence-corrected chi connectivity index (χ3v) is 2.54. The third-order valence-electron chi connectivity index (χ3n) is 1.90. The van der Waals surface area contributed by atoms with Crippen molar-refractivity contribution in [3.05, 3.63) is 40.6 Å². The van der Waals surface area contributed by atoms with Gasteiger partial charge in [-0.05, 0) is 12.1 Å². The fourth-order valence-electron chi connectivity index (χ4n) is 1.16. The predicted molar refractivity (Wildman–Crippen MR) is 58.6 cm³/mol. The molecule has 2 N–H and O–H groups in total. The molecule has 0 fully saturated rings. The standard InChI is InChI=1S/C10H11N3OS/c14-10-2-1-8(12-5-10)3-11-4-9-6-15-7-13-9/h1-2,5-7,11,14H,3-4H2. The summed E-state index contributed by atoms with van der Waals surface area (Å²) in [6.45, 7) is 1.42. The summed E-state index contributed by atoms with van der Waals surface area (Å²) in [5.41, 5.74) is 3.76. The first-order chi connectivity index (χ1) is 7.34. The predicted octanol–water partition coefficient (Wildman–Crippen LogP) is 1.53. The van der Waals surface area contributed by atoms with Crippen LogP contribution in [0.1, 0.15) is 11.4 Å². The molecule has 4 nitrogen and oxygen atoms in total. The molecule has 0 bridgehead atoms. The summed E-state index contributed by atoms with van der Waals surface area (Å²) in [6.07, 6.45) is 1.44. The molecule has 5 heteroatoms. The molecule has 0 aliphatic carbocycles. The number of aromatic nitrogens is 2.